The summed E-state index contributed by atoms with van der Waals surface area (Å²) in [6, 6.07) is 11.1. The van der Waals surface area contributed by atoms with E-state index in [1.54, 1.807) is 18.2 Å². The molecule has 2 saturated carbocycles. The third kappa shape index (κ3) is 7.54. The van der Waals surface area contributed by atoms with Crippen LogP contribution in [0.2, 0.25) is 0 Å². The van der Waals surface area contributed by atoms with Gasteiger partial charge in [0.25, 0.3) is 5.91 Å². The first-order valence-electron chi connectivity index (χ1n) is 19.2. The van der Waals surface area contributed by atoms with Gasteiger partial charge in [0.1, 0.15) is 23.4 Å². The zero-order valence-electron chi connectivity index (χ0n) is 32.7. The lowest BCUT2D eigenvalue weighted by Crippen LogP contribution is -2.67. The van der Waals surface area contributed by atoms with E-state index in [0.717, 1.165) is 67.6 Å². The number of carbonyl (C=O) groups excluding carboxylic acids is 3. The second-order valence-corrected chi connectivity index (χ2v) is 15.8. The van der Waals surface area contributed by atoms with Crippen molar-refractivity contribution in [3.63, 3.8) is 0 Å². The maximum absolute atomic E-state index is 13.2. The third-order valence-corrected chi connectivity index (χ3v) is 10.7. The molecule has 9 rings (SSSR count). The minimum atomic E-state index is -1.42. The monoisotopic (exact) mass is 756 g/mol. The summed E-state index contributed by atoms with van der Waals surface area (Å²) in [5.74, 6) is -0.493. The van der Waals surface area contributed by atoms with Crippen LogP contribution in [-0.4, -0.2) is 110 Å². The van der Waals surface area contributed by atoms with Gasteiger partial charge in [-0.3, -0.25) is 14.4 Å². The highest BCUT2D eigenvalue weighted by atomic mass is 16.2. The van der Waals surface area contributed by atoms with E-state index in [-0.39, 0.29) is 59.0 Å². The van der Waals surface area contributed by atoms with E-state index in [9.17, 15) is 14.4 Å². The van der Waals surface area contributed by atoms with E-state index in [1.807, 2.05) is 56.4 Å². The minimum Gasteiger partial charge on any atom is -0.393 e. The molecule has 4 aliphatic heterocycles. The average molecular weight is 757 g/mol. The molecule has 3 aromatic rings. The number of amides is 2. The summed E-state index contributed by atoms with van der Waals surface area (Å²) in [7, 11) is 21.5. The number of para-hydroxylation sites is 1. The molecule has 2 bridgehead atoms. The molecule has 2 amide bonds. The summed E-state index contributed by atoms with van der Waals surface area (Å²) < 4.78 is 2.09. The number of rotatable bonds is 12. The summed E-state index contributed by atoms with van der Waals surface area (Å²) in [5.41, 5.74) is 18.3. The Morgan fingerprint density at radius 3 is 2.43 bits per heavy atom. The van der Waals surface area contributed by atoms with Crippen molar-refractivity contribution in [3.05, 3.63) is 83.0 Å². The van der Waals surface area contributed by atoms with E-state index in [0.29, 0.717) is 17.7 Å². The van der Waals surface area contributed by atoms with E-state index in [2.05, 4.69) is 48.5 Å². The number of benzene rings is 1. The molecule has 1 aromatic carbocycles. The fourth-order valence-electron chi connectivity index (χ4n) is 7.82. The van der Waals surface area contributed by atoms with E-state index in [4.69, 9.17) is 32.3 Å². The number of hydrogen-bond donors (Lipinski definition) is 5. The Bertz CT molecular complexity index is 2070. The Balaban J connectivity index is 0.00000115. The smallest absolute Gasteiger partial charge is 0.269 e. The second-order valence-electron chi connectivity index (χ2n) is 15.8. The zero-order valence-corrected chi connectivity index (χ0v) is 32.7. The number of carbonyl (C=O) groups is 3. The highest BCUT2D eigenvalue weighted by molar-refractivity contribution is 6.39. The largest absolute Gasteiger partial charge is 0.393 e. The molecule has 6 heterocycles. The molecule has 4 atom stereocenters. The van der Waals surface area contributed by atoms with Gasteiger partial charge in [-0.2, -0.15) is 5.10 Å². The van der Waals surface area contributed by atoms with Crippen molar-refractivity contribution in [2.24, 2.45) is 17.4 Å². The molecule has 3 saturated heterocycles. The Hall–Kier alpha value is -5.12. The number of aromatic nitrogens is 3. The van der Waals surface area contributed by atoms with Crippen LogP contribution in [0.4, 0.5) is 11.4 Å². The average Bonchev–Trinajstić information content (AvgIpc) is 4.05. The fourth-order valence-corrected chi connectivity index (χ4v) is 7.82. The topological polar surface area (TPSA) is 183 Å². The lowest BCUT2D eigenvalue weighted by molar-refractivity contribution is -0.156. The molecule has 56 heavy (non-hydrogen) atoms. The number of aldehydes is 1. The van der Waals surface area contributed by atoms with Gasteiger partial charge in [-0.05, 0) is 71.4 Å². The Morgan fingerprint density at radius 2 is 1.77 bits per heavy atom. The van der Waals surface area contributed by atoms with Crippen molar-refractivity contribution in [2.75, 3.05) is 45.0 Å². The molecule has 2 aromatic heterocycles. The number of nitrogens with zero attached hydrogens (tertiary/aromatic N) is 7. The number of hydrogen-bond acceptors (Lipinski definition) is 12. The zero-order chi connectivity index (χ0) is 40.1. The molecule has 0 spiro atoms. The summed E-state index contributed by atoms with van der Waals surface area (Å²) in [6.07, 6.45) is 8.99. The number of anilines is 2. The second kappa shape index (κ2) is 15.4. The number of allylic oxidation sites excluding steroid dienone is 1. The van der Waals surface area contributed by atoms with Crippen molar-refractivity contribution in [1.29, 1.82) is 0 Å². The summed E-state index contributed by atoms with van der Waals surface area (Å²) in [6.45, 7) is 2.90. The Morgan fingerprint density at radius 1 is 1.05 bits per heavy atom. The molecule has 4 radical (unpaired) electrons. The lowest BCUT2D eigenvalue weighted by Gasteiger charge is -2.53. The van der Waals surface area contributed by atoms with Crippen molar-refractivity contribution < 1.29 is 14.4 Å². The SMILES string of the molecule is CN(C)C.[B]C([B])(c1cccc(C=O)n1)N1C2CC(n3ncc4c3C(CC)N(C)c3c(NC(/C=C(\N)NC(=O)C5CC5)=C(/N)C(=O)NC5CC5)cccc3-4)N1C2. The summed E-state index contributed by atoms with van der Waals surface area (Å²) in [4.78, 5) is 45.7. The predicted octanol–water partition coefficient (Wildman–Crippen LogP) is 1.97. The van der Waals surface area contributed by atoms with Gasteiger partial charge in [0.15, 0.2) is 6.29 Å². The van der Waals surface area contributed by atoms with Crippen LogP contribution in [0.3, 0.4) is 0 Å². The molecule has 15 nitrogen and oxygen atoms in total. The van der Waals surface area contributed by atoms with Gasteiger partial charge in [-0.15, -0.1) is 0 Å². The molecule has 6 aliphatic rings. The molecular formula is C39H50B2N12O3. The van der Waals surface area contributed by atoms with Crippen molar-refractivity contribution in [2.45, 2.75) is 75.1 Å². The van der Waals surface area contributed by atoms with E-state index in [1.165, 1.54) is 6.08 Å². The molecule has 290 valence electrons. The van der Waals surface area contributed by atoms with Crippen molar-refractivity contribution >= 4 is 45.2 Å². The van der Waals surface area contributed by atoms with Crippen LogP contribution in [0.5, 0.6) is 0 Å². The van der Waals surface area contributed by atoms with Crippen LogP contribution in [0.15, 0.2) is 65.9 Å². The van der Waals surface area contributed by atoms with E-state index >= 15 is 0 Å². The van der Waals surface area contributed by atoms with E-state index < -0.39 is 11.2 Å². The molecule has 2 aliphatic carbocycles. The first-order chi connectivity index (χ1) is 26.7. The van der Waals surface area contributed by atoms with Crippen LogP contribution in [0.1, 0.15) is 79.5 Å². The van der Waals surface area contributed by atoms with Gasteiger partial charge in [0, 0.05) is 66.2 Å². The Kier molecular flexibility index (Phi) is 10.8. The van der Waals surface area contributed by atoms with Crippen LogP contribution in [0.25, 0.3) is 11.1 Å². The van der Waals surface area contributed by atoms with Crippen LogP contribution >= 0.6 is 0 Å². The van der Waals surface area contributed by atoms with Gasteiger partial charge in [-0.1, -0.05) is 25.1 Å². The molecule has 5 fully saturated rings. The highest BCUT2D eigenvalue weighted by Gasteiger charge is 2.56. The van der Waals surface area contributed by atoms with Crippen LogP contribution in [-0.2, 0) is 14.9 Å². The number of nitrogens with one attached hydrogen (secondary N) is 3. The van der Waals surface area contributed by atoms with Crippen molar-refractivity contribution in [3.8, 4) is 11.1 Å². The van der Waals surface area contributed by atoms with Gasteiger partial charge < -0.3 is 37.2 Å². The van der Waals surface area contributed by atoms with Gasteiger partial charge in [0.05, 0.1) is 50.7 Å². The normalized spacial score (nSPS) is 23.2. The molecule has 7 N–H and O–H groups in total. The molecule has 17 heteroatoms. The summed E-state index contributed by atoms with van der Waals surface area (Å²) >= 11 is 0. The molecule has 4 unspecified atom stereocenters. The first-order valence-corrected chi connectivity index (χ1v) is 19.2. The maximum atomic E-state index is 13.2. The molecular weight excluding hydrogens is 706 g/mol. The highest BCUT2D eigenvalue weighted by Crippen LogP contribution is 2.52. The minimum absolute atomic E-state index is 0.0325. The number of pyridine rings is 1. The van der Waals surface area contributed by atoms with Gasteiger partial charge >= 0.3 is 0 Å². The van der Waals surface area contributed by atoms with Gasteiger partial charge in [0.2, 0.25) is 5.91 Å². The lowest BCUT2D eigenvalue weighted by atomic mass is 9.58. The number of hydrazine groups is 1. The first kappa shape index (κ1) is 39.1. The summed E-state index contributed by atoms with van der Waals surface area (Å²) in [5, 5.41) is 16.7. The van der Waals surface area contributed by atoms with Crippen LogP contribution in [0, 0.1) is 5.92 Å². The Labute approximate surface area is 330 Å². The van der Waals surface area contributed by atoms with Gasteiger partial charge in [-0.25, -0.2) is 19.7 Å². The van der Waals surface area contributed by atoms with Crippen molar-refractivity contribution in [1.82, 2.24) is 40.3 Å². The maximum Gasteiger partial charge on any atom is 0.269 e. The number of fused-ring (bicyclic) bond motifs is 4. The standard InChI is InChI=1S/C36H41B2N11O3.C3H9N/c1-3-27-33-24(16-41-48(33)30-14-22-17-47(30)49(22)36(37,38)28-9-4-6-21(18-50)42-28)23-7-5-8-25(32(23)46(27)2)44-26(31(40)35(52)43-20-12-13-20)15-29(39)45-34(51)19-10-11-19;1-4(2)3/h4-9,15-16,18-20,22,27,30,44H,3,10-14,17,39-40H2,1-2H3,(H,43,52)(H,45,51);1-3H3/b29-15+,31-26+;. The predicted molar refractivity (Wildman–Crippen MR) is 217 cm³/mol. The fraction of sp³-hybridized carbons (Fsp3) is 0.462. The van der Waals surface area contributed by atoms with Crippen LogP contribution < -0.4 is 32.3 Å². The third-order valence-electron chi connectivity index (χ3n) is 10.7. The number of nitrogens with two attached hydrogens (primary N) is 2. The quantitative estimate of drug-likeness (QED) is 0.0786.